The summed E-state index contributed by atoms with van der Waals surface area (Å²) in [6.45, 7) is 3.61. The monoisotopic (exact) mass is 694 g/mol. The first kappa shape index (κ1) is 41.7. The fourth-order valence-corrected chi connectivity index (χ4v) is 7.03. The van der Waals surface area contributed by atoms with Gasteiger partial charge in [-0.15, -0.1) is 6.42 Å². The molecule has 1 saturated carbocycles. The molecule has 1 aromatic heterocycles. The molecule has 2 N–H and O–H groups in total. The molecule has 0 saturated heterocycles. The summed E-state index contributed by atoms with van der Waals surface area (Å²) in [7, 11) is 0. The molecule has 3 aromatic carbocycles. The van der Waals surface area contributed by atoms with E-state index in [0.717, 1.165) is 51.7 Å². The van der Waals surface area contributed by atoms with E-state index in [1.165, 1.54) is 0 Å². The minimum atomic E-state index is -0.939. The summed E-state index contributed by atoms with van der Waals surface area (Å²) < 4.78 is 14.3. The summed E-state index contributed by atoms with van der Waals surface area (Å²) in [5.41, 5.74) is 4.39. The van der Waals surface area contributed by atoms with Crippen LogP contribution in [0.1, 0.15) is 66.3 Å². The van der Waals surface area contributed by atoms with E-state index in [9.17, 15) is 14.3 Å². The van der Waals surface area contributed by atoms with E-state index in [2.05, 4.69) is 30.3 Å². The summed E-state index contributed by atoms with van der Waals surface area (Å²) >= 11 is 7.87. The molecule has 10 heteroatoms. The number of halogens is 2. The van der Waals surface area contributed by atoms with Gasteiger partial charge in [0, 0.05) is 21.4 Å². The second kappa shape index (κ2) is 18.3. The van der Waals surface area contributed by atoms with Gasteiger partial charge in [-0.1, -0.05) is 78.3 Å². The molecule has 1 aliphatic rings. The first-order valence-electron chi connectivity index (χ1n) is 13.9. The third kappa shape index (κ3) is 10.8. The quantitative estimate of drug-likeness (QED) is 0.146. The smallest absolute Gasteiger partial charge is 0.870 e. The van der Waals surface area contributed by atoms with E-state index in [1.807, 2.05) is 67.0 Å². The van der Waals surface area contributed by atoms with Gasteiger partial charge in [0.15, 0.2) is 0 Å². The molecule has 0 aliphatic heterocycles. The third-order valence-corrected chi connectivity index (χ3v) is 9.73. The first-order valence-corrected chi connectivity index (χ1v) is 15.4. The van der Waals surface area contributed by atoms with Crippen molar-refractivity contribution >= 4 is 79.7 Å². The predicted molar refractivity (Wildman–Crippen MR) is 192 cm³/mol. The van der Waals surface area contributed by atoms with Crippen LogP contribution in [-0.2, 0) is 16.8 Å². The van der Waals surface area contributed by atoms with Gasteiger partial charge in [-0.3, -0.25) is 6.29 Å². The number of fused-ring (bicyclic) bond motifs is 1. The number of benzene rings is 3. The predicted octanol–water partition coefficient (Wildman–Crippen LogP) is 5.97. The average Bonchev–Trinajstić information content (AvgIpc) is 3.59. The van der Waals surface area contributed by atoms with E-state index >= 15 is 0 Å². The van der Waals surface area contributed by atoms with Crippen LogP contribution in [0.2, 0.25) is 5.02 Å². The van der Waals surface area contributed by atoms with E-state index in [0.29, 0.717) is 17.2 Å². The van der Waals surface area contributed by atoms with Crippen LogP contribution in [0.5, 0.6) is 0 Å². The summed E-state index contributed by atoms with van der Waals surface area (Å²) in [6, 6.07) is 26.1. The standard InChI is InChI=1S/C35H34ClFNO2S.Na.H2O.2H2S/c1-34(2,40)30-9-4-3-7-25(30)13-17-32(41-23-35(18-19-39)22-33(35)37)27-8-5-6-24(20-27)10-15-29-16-12-26-11-14-28(36)21-31(26)38-29;;;;/h3-12,14-16,20-21,32-33,40H,13,17-18,22-23H2,1-2H3;;3*1H2/q-1;+1;;;/p-1/b15-10+;;;;/t32-,33+,35-;;;;/m1..../s1. The minimum absolute atomic E-state index is 0. The molecule has 0 amide bonds. The molecule has 3 atom stereocenters. The molecule has 4 aromatic rings. The van der Waals surface area contributed by atoms with Crippen LogP contribution in [0.15, 0.2) is 78.9 Å². The zero-order valence-electron chi connectivity index (χ0n) is 25.8. The van der Waals surface area contributed by atoms with Crippen LogP contribution in [-0.4, -0.2) is 33.8 Å². The summed E-state index contributed by atoms with van der Waals surface area (Å²) in [6.07, 6.45) is 7.21. The molecule has 0 spiro atoms. The molecule has 0 radical (unpaired) electrons. The number of aliphatic hydroxyl groups is 1. The van der Waals surface area contributed by atoms with Gasteiger partial charge in [-0.05, 0) is 85.1 Å². The number of hydrogen-bond acceptors (Lipinski definition) is 5. The Balaban J connectivity index is 0.00000253. The molecule has 5 rings (SSSR count). The van der Waals surface area contributed by atoms with Crippen molar-refractivity contribution in [2.45, 2.75) is 56.6 Å². The van der Waals surface area contributed by atoms with E-state index in [4.69, 9.17) is 16.6 Å². The molecular weight excluding hydrogens is 656 g/mol. The largest absolute Gasteiger partial charge is 1.00 e. The van der Waals surface area contributed by atoms with Gasteiger partial charge in [0.2, 0.25) is 0 Å². The number of aromatic nitrogens is 1. The maximum absolute atomic E-state index is 14.3. The fourth-order valence-electron chi connectivity index (χ4n) is 5.30. The van der Waals surface area contributed by atoms with Crippen LogP contribution in [0.4, 0.5) is 4.39 Å². The van der Waals surface area contributed by atoms with Crippen molar-refractivity contribution in [3.63, 3.8) is 0 Å². The van der Waals surface area contributed by atoms with Crippen LogP contribution in [0.25, 0.3) is 23.1 Å². The number of aryl methyl sites for hydroxylation is 1. The maximum atomic E-state index is 14.3. The Morgan fingerprint density at radius 2 is 1.80 bits per heavy atom. The van der Waals surface area contributed by atoms with Gasteiger partial charge >= 0.3 is 29.6 Å². The molecule has 45 heavy (non-hydrogen) atoms. The molecule has 1 fully saturated rings. The van der Waals surface area contributed by atoms with E-state index in [-0.39, 0.29) is 73.7 Å². The molecule has 0 unspecified atom stereocenters. The Kier molecular flexibility index (Phi) is 16.9. The molecule has 1 aliphatic carbocycles. The summed E-state index contributed by atoms with van der Waals surface area (Å²) in [4.78, 5) is 15.9. The van der Waals surface area contributed by atoms with Gasteiger partial charge in [0.05, 0.1) is 16.8 Å². The number of alkyl halides is 1. The zero-order valence-corrected chi connectivity index (χ0v) is 31.3. The SMILES string of the molecule is CC(C)(O)c1ccccc1CC[C@@H](SC[C@@]1(C[C-]=O)C[C@@H]1F)c1cccc(/C=C/c2ccc3ccc(Cl)cc3n2)c1.S.S.[Na+].[OH-]. The second-order valence-corrected chi connectivity index (χ2v) is 13.1. The number of hydrogen-bond donors (Lipinski definition) is 1. The Morgan fingerprint density at radius 3 is 2.49 bits per heavy atom. The van der Waals surface area contributed by atoms with Crippen molar-refractivity contribution in [1.82, 2.24) is 4.98 Å². The molecule has 1 heterocycles. The molecule has 0 bridgehead atoms. The number of rotatable bonds is 12. The summed E-state index contributed by atoms with van der Waals surface area (Å²) in [5.74, 6) is 0.574. The molecule has 4 nitrogen and oxygen atoms in total. The van der Waals surface area contributed by atoms with Gasteiger partial charge in [-0.2, -0.15) is 38.8 Å². The van der Waals surface area contributed by atoms with Crippen molar-refractivity contribution in [2.24, 2.45) is 5.41 Å². The number of thioether (sulfide) groups is 1. The first-order chi connectivity index (χ1) is 19.7. The second-order valence-electron chi connectivity index (χ2n) is 11.5. The summed E-state index contributed by atoms with van der Waals surface area (Å²) in [5, 5.41) is 12.5. The molecular formula is C35H39ClFNNaO3S3-. The maximum Gasteiger partial charge on any atom is 1.00 e. The van der Waals surface area contributed by atoms with Crippen LogP contribution >= 0.6 is 50.4 Å². The average molecular weight is 695 g/mol. The van der Waals surface area contributed by atoms with Gasteiger partial charge < -0.3 is 15.4 Å². The Bertz CT molecular complexity index is 1590. The van der Waals surface area contributed by atoms with Crippen LogP contribution < -0.4 is 29.6 Å². The number of nitrogens with zero attached hydrogens (tertiary/aromatic N) is 1. The van der Waals surface area contributed by atoms with Crippen molar-refractivity contribution in [3.8, 4) is 0 Å². The van der Waals surface area contributed by atoms with Gasteiger partial charge in [0.25, 0.3) is 0 Å². The van der Waals surface area contributed by atoms with Gasteiger partial charge in [0.1, 0.15) is 6.17 Å². The van der Waals surface area contributed by atoms with Crippen molar-refractivity contribution < 1.29 is 49.3 Å². The van der Waals surface area contributed by atoms with Crippen molar-refractivity contribution in [1.29, 1.82) is 0 Å². The topological polar surface area (TPSA) is 80.2 Å². The Morgan fingerprint density at radius 1 is 1.09 bits per heavy atom. The van der Waals surface area contributed by atoms with Gasteiger partial charge in [-0.25, -0.2) is 9.37 Å². The molecule has 236 valence electrons. The number of pyridine rings is 1. The Labute approximate surface area is 311 Å². The van der Waals surface area contributed by atoms with Crippen LogP contribution in [0, 0.1) is 5.41 Å². The van der Waals surface area contributed by atoms with E-state index in [1.54, 1.807) is 25.6 Å². The van der Waals surface area contributed by atoms with Crippen molar-refractivity contribution in [2.75, 3.05) is 5.75 Å². The van der Waals surface area contributed by atoms with Crippen molar-refractivity contribution in [3.05, 3.63) is 112 Å². The Hall–Kier alpha value is -1.33. The normalized spacial score (nSPS) is 17.8. The third-order valence-electron chi connectivity index (χ3n) is 7.84. The van der Waals surface area contributed by atoms with E-state index < -0.39 is 17.2 Å². The zero-order chi connectivity index (χ0) is 29.0. The fraction of sp³-hybridized carbons (Fsp3) is 0.314. The minimum Gasteiger partial charge on any atom is -0.870 e. The number of carbonyl (C=O) groups excluding carboxylic acids is 1. The van der Waals surface area contributed by atoms with Crippen LogP contribution in [0.3, 0.4) is 0 Å².